The Morgan fingerprint density at radius 2 is 2.21 bits per heavy atom. The average Bonchev–Trinajstić information content (AvgIpc) is 2.41. The van der Waals surface area contributed by atoms with Crippen LogP contribution in [0, 0.1) is 11.7 Å². The van der Waals surface area contributed by atoms with Gasteiger partial charge in [-0.1, -0.05) is 0 Å². The first-order valence-corrected chi connectivity index (χ1v) is 6.12. The van der Waals surface area contributed by atoms with Crippen molar-refractivity contribution in [3.63, 3.8) is 0 Å². The van der Waals surface area contributed by atoms with Crippen LogP contribution in [0.25, 0.3) is 0 Å². The molecule has 1 aliphatic heterocycles. The van der Waals surface area contributed by atoms with Gasteiger partial charge in [-0.15, -0.1) is 0 Å². The van der Waals surface area contributed by atoms with E-state index in [1.165, 1.54) is 6.07 Å². The predicted octanol–water partition coefficient (Wildman–Crippen LogP) is 1.46. The number of amides is 1. The van der Waals surface area contributed by atoms with Crippen molar-refractivity contribution in [1.29, 1.82) is 0 Å². The largest absolute Gasteiger partial charge is 0.478 e. The maximum atomic E-state index is 13.2. The number of piperidine rings is 1. The monoisotopic (exact) mass is 266 g/mol. The van der Waals surface area contributed by atoms with Crippen LogP contribution in [0.4, 0.5) is 10.1 Å². The van der Waals surface area contributed by atoms with Gasteiger partial charge in [-0.25, -0.2) is 9.18 Å². The van der Waals surface area contributed by atoms with Gasteiger partial charge in [0.15, 0.2) is 0 Å². The number of carboxylic acids is 1. The van der Waals surface area contributed by atoms with E-state index < -0.39 is 17.3 Å². The van der Waals surface area contributed by atoms with Gasteiger partial charge in [0.25, 0.3) is 0 Å². The number of carbonyl (C=O) groups is 2. The van der Waals surface area contributed by atoms with Gasteiger partial charge in [-0.2, -0.15) is 0 Å². The van der Waals surface area contributed by atoms with Crippen molar-refractivity contribution in [2.75, 3.05) is 18.4 Å². The molecular weight excluding hydrogens is 251 g/mol. The second-order valence-electron chi connectivity index (χ2n) is 4.53. The quantitative estimate of drug-likeness (QED) is 0.774. The Kier molecular flexibility index (Phi) is 4.11. The molecule has 1 saturated heterocycles. The van der Waals surface area contributed by atoms with Crippen LogP contribution in [0.1, 0.15) is 23.2 Å². The second kappa shape index (κ2) is 5.79. The van der Waals surface area contributed by atoms with Gasteiger partial charge in [0.05, 0.1) is 11.5 Å². The van der Waals surface area contributed by atoms with E-state index in [4.69, 9.17) is 5.11 Å². The SMILES string of the molecule is O=C(O)c1cc(NC(=O)[C@@H]2CCCNC2)ccc1F. The summed E-state index contributed by atoms with van der Waals surface area (Å²) in [5, 5.41) is 14.6. The minimum absolute atomic E-state index is 0.132. The molecule has 1 fully saturated rings. The highest BCUT2D eigenvalue weighted by molar-refractivity contribution is 5.95. The molecule has 0 spiro atoms. The van der Waals surface area contributed by atoms with Gasteiger partial charge in [0.2, 0.25) is 5.91 Å². The van der Waals surface area contributed by atoms with Crippen molar-refractivity contribution < 1.29 is 19.1 Å². The second-order valence-corrected chi connectivity index (χ2v) is 4.53. The van der Waals surface area contributed by atoms with E-state index in [1.54, 1.807) is 0 Å². The molecule has 0 bridgehead atoms. The number of carbonyl (C=O) groups excluding carboxylic acids is 1. The van der Waals surface area contributed by atoms with Crippen LogP contribution in [0.3, 0.4) is 0 Å². The molecule has 1 atom stereocenters. The maximum absolute atomic E-state index is 13.2. The highest BCUT2D eigenvalue weighted by Crippen LogP contribution is 2.17. The molecule has 1 heterocycles. The van der Waals surface area contributed by atoms with Crippen LogP contribution >= 0.6 is 0 Å². The molecule has 5 nitrogen and oxygen atoms in total. The minimum atomic E-state index is -1.35. The van der Waals surface area contributed by atoms with Crippen molar-refractivity contribution in [3.8, 4) is 0 Å². The molecule has 1 aromatic carbocycles. The first kappa shape index (κ1) is 13.5. The number of rotatable bonds is 3. The predicted molar refractivity (Wildman–Crippen MR) is 67.6 cm³/mol. The average molecular weight is 266 g/mol. The molecule has 0 radical (unpaired) electrons. The molecule has 3 N–H and O–H groups in total. The molecule has 1 amide bonds. The molecule has 0 aliphatic carbocycles. The van der Waals surface area contributed by atoms with Gasteiger partial charge in [0.1, 0.15) is 5.82 Å². The molecule has 1 aliphatic rings. The smallest absolute Gasteiger partial charge is 0.338 e. The Bertz CT molecular complexity index is 499. The number of anilines is 1. The normalized spacial score (nSPS) is 18.9. The van der Waals surface area contributed by atoms with Crippen molar-refractivity contribution >= 4 is 17.6 Å². The fourth-order valence-corrected chi connectivity index (χ4v) is 2.09. The minimum Gasteiger partial charge on any atom is -0.478 e. The third-order valence-corrected chi connectivity index (χ3v) is 3.13. The van der Waals surface area contributed by atoms with Gasteiger partial charge in [-0.05, 0) is 37.6 Å². The molecule has 6 heteroatoms. The zero-order valence-corrected chi connectivity index (χ0v) is 10.3. The number of hydrogen-bond donors (Lipinski definition) is 3. The van der Waals surface area contributed by atoms with E-state index in [2.05, 4.69) is 10.6 Å². The Morgan fingerprint density at radius 3 is 2.84 bits per heavy atom. The Morgan fingerprint density at radius 1 is 1.42 bits per heavy atom. The lowest BCUT2D eigenvalue weighted by atomic mass is 9.98. The number of halogens is 1. The maximum Gasteiger partial charge on any atom is 0.338 e. The number of aromatic carboxylic acids is 1. The van der Waals surface area contributed by atoms with Crippen LogP contribution in [-0.4, -0.2) is 30.1 Å². The van der Waals surface area contributed by atoms with Crippen molar-refractivity contribution in [1.82, 2.24) is 5.32 Å². The van der Waals surface area contributed by atoms with Gasteiger partial charge in [-0.3, -0.25) is 4.79 Å². The molecule has 1 aromatic rings. The van der Waals surface area contributed by atoms with E-state index in [-0.39, 0.29) is 11.8 Å². The Balaban J connectivity index is 2.08. The molecular formula is C13H15FN2O3. The number of benzene rings is 1. The summed E-state index contributed by atoms with van der Waals surface area (Å²) in [6, 6.07) is 3.53. The lowest BCUT2D eigenvalue weighted by Gasteiger charge is -2.21. The first-order valence-electron chi connectivity index (χ1n) is 6.12. The van der Waals surface area contributed by atoms with Crippen molar-refractivity contribution in [2.45, 2.75) is 12.8 Å². The number of carboxylic acid groups (broad SMARTS) is 1. The fraction of sp³-hybridized carbons (Fsp3) is 0.385. The third kappa shape index (κ3) is 3.29. The highest BCUT2D eigenvalue weighted by Gasteiger charge is 2.21. The van der Waals surface area contributed by atoms with Gasteiger partial charge in [0, 0.05) is 12.2 Å². The standard InChI is InChI=1S/C13H15FN2O3/c14-11-4-3-9(6-10(11)13(18)19)16-12(17)8-2-1-5-15-7-8/h3-4,6,8,15H,1-2,5,7H2,(H,16,17)(H,18,19)/t8-/m1/s1. The Labute approximate surface area is 109 Å². The summed E-state index contributed by atoms with van der Waals surface area (Å²) in [6.07, 6.45) is 1.73. The van der Waals surface area contributed by atoms with Crippen LogP contribution in [0.2, 0.25) is 0 Å². The van der Waals surface area contributed by atoms with Crippen LogP contribution in [0.15, 0.2) is 18.2 Å². The zero-order chi connectivity index (χ0) is 13.8. The topological polar surface area (TPSA) is 78.4 Å². The number of nitrogens with one attached hydrogen (secondary N) is 2. The molecule has 2 rings (SSSR count). The molecule has 0 aromatic heterocycles. The molecule has 102 valence electrons. The Hall–Kier alpha value is -1.95. The van der Waals surface area contributed by atoms with Gasteiger partial charge < -0.3 is 15.7 Å². The van der Waals surface area contributed by atoms with E-state index in [0.717, 1.165) is 31.5 Å². The lowest BCUT2D eigenvalue weighted by molar-refractivity contribution is -0.120. The summed E-state index contributed by atoms with van der Waals surface area (Å²) in [6.45, 7) is 1.52. The van der Waals surface area contributed by atoms with Gasteiger partial charge >= 0.3 is 5.97 Å². The highest BCUT2D eigenvalue weighted by atomic mass is 19.1. The van der Waals surface area contributed by atoms with Crippen LogP contribution in [0.5, 0.6) is 0 Å². The van der Waals surface area contributed by atoms with E-state index in [9.17, 15) is 14.0 Å². The summed E-state index contributed by atoms with van der Waals surface area (Å²) >= 11 is 0. The first-order chi connectivity index (χ1) is 9.08. The van der Waals surface area contributed by atoms with Crippen molar-refractivity contribution in [3.05, 3.63) is 29.6 Å². The van der Waals surface area contributed by atoms with Crippen molar-refractivity contribution in [2.24, 2.45) is 5.92 Å². The van der Waals surface area contributed by atoms with Crippen LogP contribution < -0.4 is 10.6 Å². The molecule has 0 saturated carbocycles. The fourth-order valence-electron chi connectivity index (χ4n) is 2.09. The zero-order valence-electron chi connectivity index (χ0n) is 10.3. The summed E-state index contributed by atoms with van der Waals surface area (Å²) in [7, 11) is 0. The summed E-state index contributed by atoms with van der Waals surface area (Å²) in [5.41, 5.74) is -0.144. The number of hydrogen-bond acceptors (Lipinski definition) is 3. The third-order valence-electron chi connectivity index (χ3n) is 3.13. The molecule has 0 unspecified atom stereocenters. The van der Waals surface area contributed by atoms with E-state index in [0.29, 0.717) is 12.2 Å². The van der Waals surface area contributed by atoms with E-state index in [1.807, 2.05) is 0 Å². The summed E-state index contributed by atoms with van der Waals surface area (Å²) < 4.78 is 13.2. The van der Waals surface area contributed by atoms with Crippen LogP contribution in [-0.2, 0) is 4.79 Å². The van der Waals surface area contributed by atoms with E-state index >= 15 is 0 Å². The summed E-state index contributed by atoms with van der Waals surface area (Å²) in [5.74, 6) is -2.47. The summed E-state index contributed by atoms with van der Waals surface area (Å²) in [4.78, 5) is 22.7. The molecule has 19 heavy (non-hydrogen) atoms. The lowest BCUT2D eigenvalue weighted by Crippen LogP contribution is -2.37.